The van der Waals surface area contributed by atoms with Crippen LogP contribution in [0.15, 0.2) is 18.2 Å². The zero-order valence-electron chi connectivity index (χ0n) is 17.3. The van der Waals surface area contributed by atoms with Gasteiger partial charge >= 0.3 is 5.97 Å². The van der Waals surface area contributed by atoms with Gasteiger partial charge < -0.3 is 14.4 Å². The minimum absolute atomic E-state index is 0.213. The Labute approximate surface area is 207 Å². The number of hydrogen-bond acceptors (Lipinski definition) is 8. The van der Waals surface area contributed by atoms with Crippen LogP contribution in [0.3, 0.4) is 0 Å². The van der Waals surface area contributed by atoms with E-state index in [-0.39, 0.29) is 11.4 Å². The Balaban J connectivity index is 1.50. The highest BCUT2D eigenvalue weighted by molar-refractivity contribution is 14.1. The number of ether oxygens (including phenoxy) is 2. The molecule has 0 fully saturated rings. The molecule has 0 atom stereocenters. The number of nitrogens with zero attached hydrogens (tertiary/aromatic N) is 4. The van der Waals surface area contributed by atoms with Crippen molar-refractivity contribution in [3.05, 3.63) is 54.4 Å². The summed E-state index contributed by atoms with van der Waals surface area (Å²) in [5.74, 6) is 0.0346. The van der Waals surface area contributed by atoms with Crippen LogP contribution in [0.4, 0.5) is 15.3 Å². The molecule has 0 bridgehead atoms. The summed E-state index contributed by atoms with van der Waals surface area (Å²) in [7, 11) is 1.33. The van der Waals surface area contributed by atoms with E-state index in [1.807, 2.05) is 34.4 Å². The van der Waals surface area contributed by atoms with Crippen LogP contribution in [0, 0.1) is 16.3 Å². The fourth-order valence-electron chi connectivity index (χ4n) is 3.44. The smallest absolute Gasteiger partial charge is 0.357 e. The lowest BCUT2D eigenvalue weighted by atomic mass is 10.1. The molecule has 7 nitrogen and oxygen atoms in total. The molecule has 32 heavy (non-hydrogen) atoms. The molecule has 0 saturated carbocycles. The summed E-state index contributed by atoms with van der Waals surface area (Å²) in [4.78, 5) is 19.6. The van der Waals surface area contributed by atoms with E-state index in [0.717, 1.165) is 26.0 Å². The van der Waals surface area contributed by atoms with Gasteiger partial charge in [0, 0.05) is 20.6 Å². The molecule has 1 aliphatic heterocycles. The van der Waals surface area contributed by atoms with E-state index in [0.29, 0.717) is 42.1 Å². The number of hydrogen-bond donors (Lipinski definition) is 0. The maximum atomic E-state index is 13.9. The molecule has 0 radical (unpaired) electrons. The second kappa shape index (κ2) is 9.84. The number of esters is 1. The van der Waals surface area contributed by atoms with E-state index in [4.69, 9.17) is 21.1 Å². The van der Waals surface area contributed by atoms with Gasteiger partial charge in [-0.05, 0) is 72.5 Å². The Hall–Kier alpha value is -2.05. The first-order valence-electron chi connectivity index (χ1n) is 9.84. The lowest BCUT2D eigenvalue weighted by Crippen LogP contribution is -2.15. The second-order valence-corrected chi connectivity index (χ2v) is 9.77. The number of carbonyl (C=O) groups is 1. The summed E-state index contributed by atoms with van der Waals surface area (Å²) in [6.45, 7) is 2.90. The van der Waals surface area contributed by atoms with Gasteiger partial charge in [0.1, 0.15) is 0 Å². The first-order chi connectivity index (χ1) is 15.4. The molecule has 0 unspecified atom stereocenters. The number of benzene rings is 1. The predicted octanol–water partition coefficient (Wildman–Crippen LogP) is 5.13. The molecule has 0 spiro atoms. The van der Waals surface area contributed by atoms with Crippen molar-refractivity contribution in [3.8, 4) is 5.75 Å². The lowest BCUT2D eigenvalue weighted by Gasteiger charge is -2.14. The van der Waals surface area contributed by atoms with Crippen LogP contribution in [0.1, 0.15) is 32.9 Å². The molecular formula is C21H19ClFIN4O3S. The predicted molar refractivity (Wildman–Crippen MR) is 129 cm³/mol. The van der Waals surface area contributed by atoms with Crippen molar-refractivity contribution in [2.75, 3.05) is 25.2 Å². The van der Waals surface area contributed by atoms with Crippen LogP contribution in [0.5, 0.6) is 5.75 Å². The van der Waals surface area contributed by atoms with Crippen molar-refractivity contribution in [2.45, 2.75) is 26.2 Å². The Morgan fingerprint density at radius 3 is 2.94 bits per heavy atom. The van der Waals surface area contributed by atoms with Gasteiger partial charge in [0.15, 0.2) is 33.4 Å². The molecule has 4 rings (SSSR count). The molecule has 1 aromatic carbocycles. The van der Waals surface area contributed by atoms with Crippen LogP contribution in [-0.4, -0.2) is 41.4 Å². The molecule has 0 amide bonds. The molecule has 3 heterocycles. The number of aryl methyl sites for hydroxylation is 1. The number of aromatic nitrogens is 3. The number of rotatable bonds is 7. The maximum Gasteiger partial charge on any atom is 0.357 e. The first-order valence-corrected chi connectivity index (χ1v) is 12.1. The largest absolute Gasteiger partial charge is 0.491 e. The summed E-state index contributed by atoms with van der Waals surface area (Å²) in [5.41, 5.74) is 2.22. The third kappa shape index (κ3) is 4.67. The normalized spacial score (nSPS) is 12.7. The Kier molecular flexibility index (Phi) is 7.11. The van der Waals surface area contributed by atoms with Crippen molar-refractivity contribution < 1.29 is 18.7 Å². The van der Waals surface area contributed by atoms with E-state index in [1.54, 1.807) is 12.1 Å². The summed E-state index contributed by atoms with van der Waals surface area (Å²) < 4.78 is 25.2. The molecule has 0 N–H and O–H groups in total. The Morgan fingerprint density at radius 1 is 1.38 bits per heavy atom. The van der Waals surface area contributed by atoms with Gasteiger partial charge in [0.25, 0.3) is 0 Å². The van der Waals surface area contributed by atoms with E-state index in [2.05, 4.69) is 15.2 Å². The molecular weight excluding hydrogens is 570 g/mol. The Bertz CT molecular complexity index is 1180. The van der Waals surface area contributed by atoms with Crippen LogP contribution in [-0.2, 0) is 17.6 Å². The van der Waals surface area contributed by atoms with Crippen LogP contribution in [0.25, 0.3) is 0 Å². The molecule has 11 heteroatoms. The number of halogens is 3. The summed E-state index contributed by atoms with van der Waals surface area (Å²) in [6, 6.07) is 4.82. The quantitative estimate of drug-likeness (QED) is 0.215. The average molecular weight is 589 g/mol. The van der Waals surface area contributed by atoms with E-state index in [1.165, 1.54) is 24.5 Å². The lowest BCUT2D eigenvalue weighted by molar-refractivity contribution is 0.0593. The second-order valence-electron chi connectivity index (χ2n) is 7.11. The highest BCUT2D eigenvalue weighted by Gasteiger charge is 2.30. The summed E-state index contributed by atoms with van der Waals surface area (Å²) >= 11 is 9.56. The van der Waals surface area contributed by atoms with E-state index < -0.39 is 11.8 Å². The van der Waals surface area contributed by atoms with Gasteiger partial charge in [0.05, 0.1) is 13.7 Å². The highest BCUT2D eigenvalue weighted by Crippen LogP contribution is 2.39. The topological polar surface area (TPSA) is 77.4 Å². The van der Waals surface area contributed by atoms with Gasteiger partial charge in [-0.15, -0.1) is 21.5 Å². The van der Waals surface area contributed by atoms with E-state index >= 15 is 0 Å². The SMILES string of the molecule is COC(=O)c1nc(N2CCc3c2nnc(Cl)c3C)sc1CCCOc1ccc(I)cc1F. The van der Waals surface area contributed by atoms with E-state index in [9.17, 15) is 9.18 Å². The standard InChI is InChI=1S/C21H19ClFIN4O3S/c1-11-13-7-8-28(19(13)27-26-18(11)22)21-25-17(20(29)30-2)16(32-21)4-3-9-31-15-6-5-12(24)10-14(15)23/h5-6,10H,3-4,7-9H2,1-2H3. The molecule has 0 aliphatic carbocycles. The molecule has 1 aliphatic rings. The van der Waals surface area contributed by atoms with Crippen molar-refractivity contribution in [1.29, 1.82) is 0 Å². The maximum absolute atomic E-state index is 13.9. The third-order valence-electron chi connectivity index (χ3n) is 5.10. The molecule has 168 valence electrons. The number of methoxy groups -OCH3 is 1. The van der Waals surface area contributed by atoms with Crippen molar-refractivity contribution >= 4 is 62.4 Å². The zero-order valence-corrected chi connectivity index (χ0v) is 21.1. The van der Waals surface area contributed by atoms with Crippen LogP contribution >= 0.6 is 45.5 Å². The van der Waals surface area contributed by atoms with Gasteiger partial charge in [-0.25, -0.2) is 14.2 Å². The number of fused-ring (bicyclic) bond motifs is 1. The van der Waals surface area contributed by atoms with Gasteiger partial charge in [-0.3, -0.25) is 0 Å². The Morgan fingerprint density at radius 2 is 2.19 bits per heavy atom. The fourth-order valence-corrected chi connectivity index (χ4v) is 5.16. The average Bonchev–Trinajstić information content (AvgIpc) is 3.39. The zero-order chi connectivity index (χ0) is 22.8. The third-order valence-corrected chi connectivity index (χ3v) is 7.27. The van der Waals surface area contributed by atoms with Gasteiger partial charge in [-0.2, -0.15) is 0 Å². The van der Waals surface area contributed by atoms with Crippen LogP contribution < -0.4 is 9.64 Å². The van der Waals surface area contributed by atoms with Crippen LogP contribution in [0.2, 0.25) is 5.15 Å². The van der Waals surface area contributed by atoms with Crippen molar-refractivity contribution in [1.82, 2.24) is 15.2 Å². The minimum Gasteiger partial charge on any atom is -0.491 e. The van der Waals surface area contributed by atoms with Crippen molar-refractivity contribution in [3.63, 3.8) is 0 Å². The number of anilines is 2. The molecule has 3 aromatic rings. The van der Waals surface area contributed by atoms with Gasteiger partial charge in [-0.1, -0.05) is 11.6 Å². The monoisotopic (exact) mass is 588 g/mol. The fraction of sp³-hybridized carbons (Fsp3) is 0.333. The van der Waals surface area contributed by atoms with Gasteiger partial charge in [0.2, 0.25) is 0 Å². The minimum atomic E-state index is -0.495. The first kappa shape index (κ1) is 23.1. The number of carbonyl (C=O) groups excluding carboxylic acids is 1. The summed E-state index contributed by atoms with van der Waals surface area (Å²) in [6.07, 6.45) is 1.90. The molecule has 0 saturated heterocycles. The molecule has 2 aromatic heterocycles. The summed E-state index contributed by atoms with van der Waals surface area (Å²) in [5, 5.41) is 9.31. The van der Waals surface area contributed by atoms with Crippen molar-refractivity contribution in [2.24, 2.45) is 0 Å². The number of thiazole rings is 1. The highest BCUT2D eigenvalue weighted by atomic mass is 127.